The molecular formula is C17H17ClN2O3S2. The summed E-state index contributed by atoms with van der Waals surface area (Å²) in [6.07, 6.45) is 4.28. The minimum atomic E-state index is -4.21. The van der Waals surface area contributed by atoms with Gasteiger partial charge in [0.05, 0.1) is 20.8 Å². The van der Waals surface area contributed by atoms with Gasteiger partial charge in [-0.25, -0.2) is 13.0 Å². The highest BCUT2D eigenvalue weighted by molar-refractivity contribution is 8.03. The predicted molar refractivity (Wildman–Crippen MR) is 99.4 cm³/mol. The van der Waals surface area contributed by atoms with Crippen molar-refractivity contribution in [2.75, 3.05) is 17.2 Å². The summed E-state index contributed by atoms with van der Waals surface area (Å²) >= 11 is 7.67. The van der Waals surface area contributed by atoms with Gasteiger partial charge < -0.3 is 9.45 Å². The van der Waals surface area contributed by atoms with Crippen LogP contribution in [0.25, 0.3) is 6.08 Å². The molecule has 0 atom stereocenters. The smallest absolute Gasteiger partial charge is 0.207 e. The first-order chi connectivity index (χ1) is 11.8. The fourth-order valence-electron chi connectivity index (χ4n) is 2.63. The van der Waals surface area contributed by atoms with E-state index < -0.39 is 10.1 Å². The topological polar surface area (TPSA) is 64.3 Å². The lowest BCUT2D eigenvalue weighted by Crippen LogP contribution is -2.31. The molecule has 8 heteroatoms. The van der Waals surface area contributed by atoms with Gasteiger partial charge >= 0.3 is 0 Å². The molecule has 0 amide bonds. The first kappa shape index (κ1) is 18.3. The highest BCUT2D eigenvalue weighted by Gasteiger charge is 2.26. The Morgan fingerprint density at radius 3 is 2.84 bits per heavy atom. The first-order valence-corrected chi connectivity index (χ1v) is 10.5. The number of aromatic nitrogens is 1. The van der Waals surface area contributed by atoms with Crippen LogP contribution in [0, 0.1) is 0 Å². The van der Waals surface area contributed by atoms with Crippen molar-refractivity contribution in [2.45, 2.75) is 11.3 Å². The molecule has 0 saturated carbocycles. The Morgan fingerprint density at radius 1 is 1.32 bits per heavy atom. The van der Waals surface area contributed by atoms with Gasteiger partial charge in [-0.3, -0.25) is 0 Å². The number of hydrogen-bond acceptors (Lipinski definition) is 5. The van der Waals surface area contributed by atoms with E-state index in [1.165, 1.54) is 0 Å². The zero-order valence-electron chi connectivity index (χ0n) is 13.6. The molecule has 0 unspecified atom stereocenters. The third-order valence-electron chi connectivity index (χ3n) is 3.84. The van der Waals surface area contributed by atoms with E-state index in [1.807, 2.05) is 65.2 Å². The van der Waals surface area contributed by atoms with Crippen LogP contribution in [-0.2, 0) is 17.2 Å². The summed E-state index contributed by atoms with van der Waals surface area (Å²) in [5.41, 5.74) is 1.99. The van der Waals surface area contributed by atoms with Crippen LogP contribution in [-0.4, -0.2) is 25.3 Å². The number of halogens is 1. The average Bonchev–Trinajstić information content (AvgIpc) is 2.85. The standard InChI is InChI=1S/C17H17ClN2O3S2/c1-19-8-3-2-5-14(19)12-17-20(9-4-10-25(21,22)23)15-7-6-13(18)11-16(15)24-17/h2-3,5-8,11-12H,4,9-10H2,1H3. The fourth-order valence-corrected chi connectivity index (χ4v) is 4.52. The average molecular weight is 397 g/mol. The summed E-state index contributed by atoms with van der Waals surface area (Å²) in [4.78, 5) is 3.05. The largest absolute Gasteiger partial charge is 0.748 e. The van der Waals surface area contributed by atoms with Crippen LogP contribution in [0.2, 0.25) is 5.02 Å². The molecule has 0 spiro atoms. The third-order valence-corrected chi connectivity index (χ3v) is 5.95. The summed E-state index contributed by atoms with van der Waals surface area (Å²) in [6, 6.07) is 11.5. The number of nitrogens with zero attached hydrogens (tertiary/aromatic N) is 2. The first-order valence-electron chi connectivity index (χ1n) is 7.68. The van der Waals surface area contributed by atoms with Gasteiger partial charge in [-0.15, -0.1) is 0 Å². The van der Waals surface area contributed by atoms with Crippen molar-refractivity contribution >= 4 is 45.2 Å². The second-order valence-electron chi connectivity index (χ2n) is 5.70. The van der Waals surface area contributed by atoms with Gasteiger partial charge in [0, 0.05) is 40.4 Å². The van der Waals surface area contributed by atoms with Gasteiger partial charge in [0.25, 0.3) is 0 Å². The van der Waals surface area contributed by atoms with Crippen molar-refractivity contribution < 1.29 is 17.5 Å². The van der Waals surface area contributed by atoms with Crippen molar-refractivity contribution in [3.05, 3.63) is 58.3 Å². The van der Waals surface area contributed by atoms with E-state index in [4.69, 9.17) is 11.6 Å². The molecule has 1 aliphatic heterocycles. The Bertz CT molecular complexity index is 929. The lowest BCUT2D eigenvalue weighted by molar-refractivity contribution is -0.673. The lowest BCUT2D eigenvalue weighted by atomic mass is 10.2. The highest BCUT2D eigenvalue weighted by Crippen LogP contribution is 2.47. The number of hydrogen-bond donors (Lipinski definition) is 0. The van der Waals surface area contributed by atoms with E-state index in [0.29, 0.717) is 11.6 Å². The van der Waals surface area contributed by atoms with Crippen molar-refractivity contribution in [2.24, 2.45) is 7.05 Å². The number of aryl methyl sites for hydroxylation is 1. The molecular weight excluding hydrogens is 380 g/mol. The molecule has 132 valence electrons. The van der Waals surface area contributed by atoms with Gasteiger partial charge in [-0.05, 0) is 30.7 Å². The molecule has 25 heavy (non-hydrogen) atoms. The van der Waals surface area contributed by atoms with Crippen molar-refractivity contribution in [3.8, 4) is 0 Å². The molecule has 1 aromatic heterocycles. The number of fused-ring (bicyclic) bond motifs is 1. The number of pyridine rings is 1. The van der Waals surface area contributed by atoms with E-state index in [1.54, 1.807) is 11.8 Å². The summed E-state index contributed by atoms with van der Waals surface area (Å²) in [6.45, 7) is 0.450. The minimum absolute atomic E-state index is 0.271. The van der Waals surface area contributed by atoms with Gasteiger partial charge in [-0.2, -0.15) is 0 Å². The van der Waals surface area contributed by atoms with E-state index in [9.17, 15) is 13.0 Å². The van der Waals surface area contributed by atoms with Crippen LogP contribution in [0.15, 0.2) is 52.5 Å². The maximum atomic E-state index is 10.9. The number of thioether (sulfide) groups is 1. The molecule has 3 rings (SSSR count). The fraction of sp³-hybridized carbons (Fsp3) is 0.235. The zero-order chi connectivity index (χ0) is 18.0. The van der Waals surface area contributed by atoms with Gasteiger partial charge in [0.1, 0.15) is 7.05 Å². The number of anilines is 1. The molecule has 1 aromatic carbocycles. The van der Waals surface area contributed by atoms with Crippen molar-refractivity contribution in [1.29, 1.82) is 0 Å². The molecule has 1 aliphatic rings. The molecule has 0 N–H and O–H groups in total. The normalized spacial score (nSPS) is 15.6. The third kappa shape index (κ3) is 4.55. The second kappa shape index (κ2) is 7.37. The minimum Gasteiger partial charge on any atom is -0.748 e. The lowest BCUT2D eigenvalue weighted by Gasteiger charge is -2.20. The zero-order valence-corrected chi connectivity index (χ0v) is 15.9. The molecule has 2 heterocycles. The molecule has 0 saturated heterocycles. The summed E-state index contributed by atoms with van der Waals surface area (Å²) in [7, 11) is -2.25. The number of rotatable bonds is 5. The molecule has 0 fully saturated rings. The Morgan fingerprint density at radius 2 is 2.12 bits per heavy atom. The molecule has 0 aliphatic carbocycles. The molecule has 2 aromatic rings. The van der Waals surface area contributed by atoms with E-state index in [-0.39, 0.29) is 12.2 Å². The van der Waals surface area contributed by atoms with Crippen molar-refractivity contribution in [1.82, 2.24) is 0 Å². The van der Waals surface area contributed by atoms with Gasteiger partial charge in [0.15, 0.2) is 6.20 Å². The second-order valence-corrected chi connectivity index (χ2v) is 8.72. The van der Waals surface area contributed by atoms with Crippen LogP contribution < -0.4 is 9.47 Å². The van der Waals surface area contributed by atoms with Gasteiger partial charge in [0.2, 0.25) is 5.69 Å². The van der Waals surface area contributed by atoms with E-state index in [0.717, 1.165) is 21.3 Å². The maximum Gasteiger partial charge on any atom is 0.207 e. The molecule has 5 nitrogen and oxygen atoms in total. The van der Waals surface area contributed by atoms with Crippen LogP contribution in [0.4, 0.5) is 5.69 Å². The van der Waals surface area contributed by atoms with Crippen LogP contribution in [0.3, 0.4) is 0 Å². The summed E-state index contributed by atoms with van der Waals surface area (Å²) in [5.74, 6) is -0.372. The van der Waals surface area contributed by atoms with E-state index >= 15 is 0 Å². The summed E-state index contributed by atoms with van der Waals surface area (Å²) < 4.78 is 34.7. The Kier molecular flexibility index (Phi) is 5.38. The highest BCUT2D eigenvalue weighted by atomic mass is 35.5. The monoisotopic (exact) mass is 396 g/mol. The quantitative estimate of drug-likeness (QED) is 0.574. The van der Waals surface area contributed by atoms with Crippen LogP contribution >= 0.6 is 23.4 Å². The Labute approximate surface area is 156 Å². The molecule has 0 bridgehead atoms. The number of benzene rings is 1. The van der Waals surface area contributed by atoms with Crippen molar-refractivity contribution in [3.63, 3.8) is 0 Å². The SMILES string of the molecule is C[n+]1ccccc1/C=C1\Sc2cc(Cl)ccc2N1CCCS(=O)(=O)[O-]. The van der Waals surface area contributed by atoms with Crippen LogP contribution in [0.1, 0.15) is 12.1 Å². The Balaban J connectivity index is 1.92. The Hall–Kier alpha value is -1.54. The van der Waals surface area contributed by atoms with E-state index in [2.05, 4.69) is 0 Å². The van der Waals surface area contributed by atoms with Gasteiger partial charge in [-0.1, -0.05) is 23.4 Å². The summed E-state index contributed by atoms with van der Waals surface area (Å²) in [5, 5.41) is 1.63. The molecule has 0 radical (unpaired) electrons. The van der Waals surface area contributed by atoms with Crippen LogP contribution in [0.5, 0.6) is 0 Å². The predicted octanol–water partition coefficient (Wildman–Crippen LogP) is 3.01. The maximum absolute atomic E-state index is 10.9.